The molecule has 6 rings (SSSR count). The van der Waals surface area contributed by atoms with E-state index in [1.165, 1.54) is 37.9 Å². The molecule has 0 spiro atoms. The van der Waals surface area contributed by atoms with Crippen molar-refractivity contribution in [1.29, 1.82) is 5.26 Å². The summed E-state index contributed by atoms with van der Waals surface area (Å²) in [7, 11) is 0. The van der Waals surface area contributed by atoms with Gasteiger partial charge in [0.2, 0.25) is 0 Å². The first kappa shape index (κ1) is 12.4. The summed E-state index contributed by atoms with van der Waals surface area (Å²) in [6.45, 7) is 0. The molecule has 3 heterocycles. The van der Waals surface area contributed by atoms with E-state index < -0.39 is 0 Å². The van der Waals surface area contributed by atoms with Gasteiger partial charge >= 0.3 is 0 Å². The van der Waals surface area contributed by atoms with Gasteiger partial charge < -0.3 is 4.57 Å². The van der Waals surface area contributed by atoms with E-state index >= 15 is 0 Å². The largest absolute Gasteiger partial charge is 0.308 e. The molecule has 4 heteroatoms. The van der Waals surface area contributed by atoms with Crippen LogP contribution in [0, 0.1) is 23.2 Å². The second kappa shape index (κ2) is 4.42. The molecule has 110 valence electrons. The fraction of sp³-hybridized carbons (Fsp3) is 0.500. The van der Waals surface area contributed by atoms with E-state index in [2.05, 4.69) is 20.8 Å². The van der Waals surface area contributed by atoms with Crippen LogP contribution >= 0.6 is 0 Å². The molecule has 2 aliphatic carbocycles. The van der Waals surface area contributed by atoms with Crippen molar-refractivity contribution in [1.82, 2.24) is 14.8 Å². The summed E-state index contributed by atoms with van der Waals surface area (Å²) in [5.74, 6) is 4.51. The van der Waals surface area contributed by atoms with Crippen molar-refractivity contribution in [3.05, 3.63) is 35.7 Å². The summed E-state index contributed by atoms with van der Waals surface area (Å²) in [6.07, 6.45) is 6.57. The second-order valence-corrected chi connectivity index (χ2v) is 7.21. The van der Waals surface area contributed by atoms with Crippen molar-refractivity contribution >= 4 is 0 Å². The standard InChI is InChI=1S/C18H18N4/c19-10-11-2-1-3-14(5-11)17-20-21-18-15-6-12-4-13(7-15)9-16(8-12)22(17)18/h1-3,5,12-13,15-16H,4,6-9H2. The molecule has 0 amide bonds. The summed E-state index contributed by atoms with van der Waals surface area (Å²) < 4.78 is 2.42. The Hall–Kier alpha value is -2.15. The van der Waals surface area contributed by atoms with Gasteiger partial charge in [0, 0.05) is 17.5 Å². The van der Waals surface area contributed by atoms with Crippen molar-refractivity contribution in [2.45, 2.75) is 44.1 Å². The molecule has 1 aromatic heterocycles. The predicted octanol–water partition coefficient (Wildman–Crippen LogP) is 3.67. The molecule has 4 aliphatic rings. The minimum atomic E-state index is 0.557. The molecule has 2 aromatic rings. The van der Waals surface area contributed by atoms with Gasteiger partial charge in [-0.25, -0.2) is 0 Å². The third-order valence-corrected chi connectivity index (χ3v) is 5.82. The monoisotopic (exact) mass is 290 g/mol. The number of aromatic nitrogens is 3. The molecule has 2 unspecified atom stereocenters. The Labute approximate surface area is 129 Å². The number of rotatable bonds is 1. The maximum Gasteiger partial charge on any atom is 0.164 e. The second-order valence-electron chi connectivity index (χ2n) is 7.21. The minimum Gasteiger partial charge on any atom is -0.308 e. The zero-order valence-corrected chi connectivity index (χ0v) is 12.4. The van der Waals surface area contributed by atoms with Gasteiger partial charge in [-0.15, -0.1) is 10.2 Å². The van der Waals surface area contributed by atoms with Crippen molar-refractivity contribution in [3.63, 3.8) is 0 Å². The average Bonchev–Trinajstić information content (AvgIpc) is 2.92. The zero-order chi connectivity index (χ0) is 14.7. The molecule has 1 aromatic carbocycles. The molecular formula is C18H18N4. The van der Waals surface area contributed by atoms with Crippen LogP contribution < -0.4 is 0 Å². The highest BCUT2D eigenvalue weighted by molar-refractivity contribution is 5.58. The van der Waals surface area contributed by atoms with Crippen LogP contribution in [0.25, 0.3) is 11.4 Å². The van der Waals surface area contributed by atoms with Crippen LogP contribution in [0.1, 0.15) is 55.5 Å². The van der Waals surface area contributed by atoms with Crippen LogP contribution in [-0.2, 0) is 0 Å². The molecule has 22 heavy (non-hydrogen) atoms. The summed E-state index contributed by atoms with van der Waals surface area (Å²) >= 11 is 0. The molecule has 4 bridgehead atoms. The Morgan fingerprint density at radius 1 is 1.05 bits per heavy atom. The molecule has 2 saturated carbocycles. The third kappa shape index (κ3) is 1.68. The highest BCUT2D eigenvalue weighted by Crippen LogP contribution is 2.53. The molecular weight excluding hydrogens is 272 g/mol. The average molecular weight is 290 g/mol. The number of nitrogens with zero attached hydrogens (tertiary/aromatic N) is 4. The lowest BCUT2D eigenvalue weighted by Gasteiger charge is -2.38. The Bertz CT molecular complexity index is 771. The lowest BCUT2D eigenvalue weighted by Crippen LogP contribution is -2.27. The van der Waals surface area contributed by atoms with Crippen LogP contribution in [0.3, 0.4) is 0 Å². The topological polar surface area (TPSA) is 54.5 Å². The van der Waals surface area contributed by atoms with Gasteiger partial charge in [0.1, 0.15) is 5.82 Å². The number of nitriles is 1. The highest BCUT2D eigenvalue weighted by atomic mass is 15.3. The Morgan fingerprint density at radius 2 is 1.86 bits per heavy atom. The quantitative estimate of drug-likeness (QED) is 0.805. The smallest absolute Gasteiger partial charge is 0.164 e. The van der Waals surface area contributed by atoms with Crippen LogP contribution in [0.5, 0.6) is 0 Å². The Kier molecular flexibility index (Phi) is 2.49. The van der Waals surface area contributed by atoms with Crippen LogP contribution in [-0.4, -0.2) is 14.8 Å². The van der Waals surface area contributed by atoms with Gasteiger partial charge in [-0.05, 0) is 56.1 Å². The summed E-state index contributed by atoms with van der Waals surface area (Å²) in [4.78, 5) is 0. The number of hydrogen-bond acceptors (Lipinski definition) is 3. The van der Waals surface area contributed by atoms with Gasteiger partial charge in [0.25, 0.3) is 0 Å². The Morgan fingerprint density at radius 3 is 2.64 bits per heavy atom. The fourth-order valence-electron chi connectivity index (χ4n) is 5.10. The van der Waals surface area contributed by atoms with E-state index in [1.54, 1.807) is 0 Å². The van der Waals surface area contributed by atoms with Crippen LogP contribution in [0.4, 0.5) is 0 Å². The van der Waals surface area contributed by atoms with Gasteiger partial charge in [0.05, 0.1) is 11.6 Å². The lowest BCUT2D eigenvalue weighted by atomic mass is 9.68. The third-order valence-electron chi connectivity index (χ3n) is 5.82. The van der Waals surface area contributed by atoms with E-state index in [-0.39, 0.29) is 0 Å². The van der Waals surface area contributed by atoms with Gasteiger partial charge in [-0.2, -0.15) is 5.26 Å². The zero-order valence-electron chi connectivity index (χ0n) is 12.4. The fourth-order valence-corrected chi connectivity index (χ4v) is 5.10. The minimum absolute atomic E-state index is 0.557. The van der Waals surface area contributed by atoms with Crippen molar-refractivity contribution in [2.75, 3.05) is 0 Å². The van der Waals surface area contributed by atoms with Gasteiger partial charge in [-0.1, -0.05) is 12.1 Å². The van der Waals surface area contributed by atoms with E-state index in [4.69, 9.17) is 5.26 Å². The van der Waals surface area contributed by atoms with Crippen molar-refractivity contribution in [2.24, 2.45) is 11.8 Å². The molecule has 0 saturated heterocycles. The molecule has 2 aliphatic heterocycles. The maximum absolute atomic E-state index is 9.14. The van der Waals surface area contributed by atoms with Gasteiger partial charge in [0.15, 0.2) is 5.82 Å². The van der Waals surface area contributed by atoms with Crippen molar-refractivity contribution in [3.8, 4) is 17.5 Å². The lowest BCUT2D eigenvalue weighted by molar-refractivity contribution is 0.150. The first-order valence-corrected chi connectivity index (χ1v) is 8.27. The Balaban J connectivity index is 1.67. The van der Waals surface area contributed by atoms with Crippen LogP contribution in [0.15, 0.2) is 24.3 Å². The van der Waals surface area contributed by atoms with Crippen molar-refractivity contribution < 1.29 is 0 Å². The predicted molar refractivity (Wildman–Crippen MR) is 82.0 cm³/mol. The van der Waals surface area contributed by atoms with E-state index in [9.17, 15) is 0 Å². The number of benzene rings is 1. The SMILES string of the molecule is N#Cc1cccc(-c2nnc3n2C2CC4CC(CC3C4)C2)c1. The molecule has 0 N–H and O–H groups in total. The first-order valence-electron chi connectivity index (χ1n) is 8.27. The van der Waals surface area contributed by atoms with E-state index in [1.807, 2.05) is 24.3 Å². The van der Waals surface area contributed by atoms with Gasteiger partial charge in [-0.3, -0.25) is 0 Å². The van der Waals surface area contributed by atoms with E-state index in [0.717, 1.165) is 23.2 Å². The van der Waals surface area contributed by atoms with E-state index in [0.29, 0.717) is 17.5 Å². The molecule has 4 nitrogen and oxygen atoms in total. The maximum atomic E-state index is 9.14. The molecule has 2 fully saturated rings. The molecule has 2 atom stereocenters. The summed E-state index contributed by atoms with van der Waals surface area (Å²) in [5.41, 5.74) is 1.72. The summed E-state index contributed by atoms with van der Waals surface area (Å²) in [6, 6.07) is 10.6. The molecule has 0 radical (unpaired) electrons. The highest BCUT2D eigenvalue weighted by Gasteiger charge is 2.44. The van der Waals surface area contributed by atoms with Crippen LogP contribution in [0.2, 0.25) is 0 Å². The summed E-state index contributed by atoms with van der Waals surface area (Å²) in [5, 5.41) is 18.2. The normalized spacial score (nSPS) is 31.6. The first-order chi connectivity index (χ1) is 10.8. The number of hydrogen-bond donors (Lipinski definition) is 0.